The van der Waals surface area contributed by atoms with Crippen LogP contribution in [-0.2, 0) is 0 Å². The van der Waals surface area contributed by atoms with E-state index in [0.29, 0.717) is 16.4 Å². The van der Waals surface area contributed by atoms with Crippen molar-refractivity contribution >= 4 is 45.3 Å². The van der Waals surface area contributed by atoms with E-state index >= 15 is 0 Å². The lowest BCUT2D eigenvalue weighted by atomic mass is 10.1. The Bertz CT molecular complexity index is 991. The van der Waals surface area contributed by atoms with Gasteiger partial charge in [0, 0.05) is 22.2 Å². The van der Waals surface area contributed by atoms with Gasteiger partial charge in [0.25, 0.3) is 0 Å². The molecule has 4 nitrogen and oxygen atoms in total. The Morgan fingerprint density at radius 1 is 0.875 bits per heavy atom. The van der Waals surface area contributed by atoms with E-state index < -0.39 is 0 Å². The molecule has 5 heteroatoms. The average Bonchev–Trinajstić information content (AvgIpc) is 2.88. The Hall–Kier alpha value is -3.05. The molecule has 0 radical (unpaired) electrons. The van der Waals surface area contributed by atoms with Crippen molar-refractivity contribution in [2.75, 3.05) is 5.32 Å². The zero-order chi connectivity index (χ0) is 16.5. The molecule has 0 aliphatic heterocycles. The minimum absolute atomic E-state index is 0.0863. The number of rotatable bonds is 2. The first-order valence-corrected chi connectivity index (χ1v) is 7.91. The molecule has 24 heavy (non-hydrogen) atoms. The van der Waals surface area contributed by atoms with Crippen molar-refractivity contribution < 1.29 is 4.79 Å². The summed E-state index contributed by atoms with van der Waals surface area (Å²) in [7, 11) is 0. The number of anilines is 1. The van der Waals surface area contributed by atoms with Crippen LogP contribution in [0.1, 0.15) is 15.9 Å². The first kappa shape index (κ1) is 14.5. The Balaban J connectivity index is 1.61. The topological polar surface area (TPSA) is 53.5 Å². The van der Waals surface area contributed by atoms with Gasteiger partial charge in [0.05, 0.1) is 0 Å². The van der Waals surface area contributed by atoms with Gasteiger partial charge in [-0.3, -0.25) is 10.2 Å². The zero-order valence-corrected chi connectivity index (χ0v) is 13.4. The second kappa shape index (κ2) is 5.86. The quantitative estimate of drug-likeness (QED) is 0.555. The third kappa shape index (κ3) is 2.45. The van der Waals surface area contributed by atoms with E-state index in [1.807, 2.05) is 66.7 Å². The Labute approximate surface area is 144 Å². The van der Waals surface area contributed by atoms with Crippen molar-refractivity contribution in [3.8, 4) is 0 Å². The highest BCUT2D eigenvalue weighted by Gasteiger charge is 2.28. The Morgan fingerprint density at radius 3 is 2.33 bits per heavy atom. The van der Waals surface area contributed by atoms with Crippen LogP contribution in [0.3, 0.4) is 0 Å². The number of nitrogens with one attached hydrogen (secondary N) is 2. The maximum atomic E-state index is 12.6. The molecule has 3 aromatic carbocycles. The summed E-state index contributed by atoms with van der Waals surface area (Å²) in [6, 6.07) is 21.1. The van der Waals surface area contributed by atoms with Gasteiger partial charge in [-0.1, -0.05) is 54.6 Å². The lowest BCUT2D eigenvalue weighted by Gasteiger charge is -2.07. The summed E-state index contributed by atoms with van der Waals surface area (Å²) >= 11 is 5.24. The molecular weight excluding hydrogens is 318 g/mol. The number of hydrogen-bond donors (Lipinski definition) is 2. The van der Waals surface area contributed by atoms with Crippen molar-refractivity contribution in [2.45, 2.75) is 0 Å². The van der Waals surface area contributed by atoms with E-state index in [2.05, 4.69) is 15.8 Å². The zero-order valence-electron chi connectivity index (χ0n) is 12.6. The first-order chi connectivity index (χ1) is 11.7. The number of hydrazone groups is 1. The van der Waals surface area contributed by atoms with Gasteiger partial charge in [-0.15, -0.1) is 0 Å². The molecule has 2 N–H and O–H groups in total. The molecule has 0 bridgehead atoms. The van der Waals surface area contributed by atoms with Crippen LogP contribution in [0.15, 0.2) is 71.8 Å². The average molecular weight is 331 g/mol. The number of carbonyl (C=O) groups is 1. The van der Waals surface area contributed by atoms with Crippen molar-refractivity contribution in [3.63, 3.8) is 0 Å². The van der Waals surface area contributed by atoms with Crippen LogP contribution in [0, 0.1) is 0 Å². The van der Waals surface area contributed by atoms with Gasteiger partial charge in [0.15, 0.2) is 5.11 Å². The van der Waals surface area contributed by atoms with Gasteiger partial charge in [-0.05, 0) is 29.7 Å². The van der Waals surface area contributed by atoms with Crippen LogP contribution in [0.5, 0.6) is 0 Å². The molecule has 0 heterocycles. The van der Waals surface area contributed by atoms with Crippen molar-refractivity contribution in [1.29, 1.82) is 0 Å². The van der Waals surface area contributed by atoms with E-state index in [1.54, 1.807) is 0 Å². The highest BCUT2D eigenvalue weighted by Crippen LogP contribution is 2.30. The molecule has 0 saturated heterocycles. The molecule has 0 saturated carbocycles. The summed E-state index contributed by atoms with van der Waals surface area (Å²) < 4.78 is 0. The molecule has 4 rings (SSSR count). The van der Waals surface area contributed by atoms with E-state index in [-0.39, 0.29) is 5.78 Å². The number of carbonyl (C=O) groups excluding carboxylic acids is 1. The maximum absolute atomic E-state index is 12.6. The van der Waals surface area contributed by atoms with Crippen LogP contribution >= 0.6 is 12.2 Å². The van der Waals surface area contributed by atoms with Crippen LogP contribution in [0.25, 0.3) is 10.8 Å². The molecule has 116 valence electrons. The monoisotopic (exact) mass is 331 g/mol. The minimum Gasteiger partial charge on any atom is -0.331 e. The van der Waals surface area contributed by atoms with Gasteiger partial charge in [0.2, 0.25) is 5.78 Å². The van der Waals surface area contributed by atoms with Gasteiger partial charge in [-0.25, -0.2) is 0 Å². The number of thiocarbonyl (C=S) groups is 1. The number of para-hydroxylation sites is 1. The number of Topliss-reactive ketones (excluding diaryl/α,β-unsaturated/α-hetero) is 1. The standard InChI is InChI=1S/C19H13N3OS/c23-18-15-11-5-7-12-6-4-10-14(16(12)15)17(18)21-22-19(24)20-13-8-2-1-3-9-13/h1-11H,(H2,20,22,24). The van der Waals surface area contributed by atoms with Gasteiger partial charge >= 0.3 is 0 Å². The summed E-state index contributed by atoms with van der Waals surface area (Å²) in [6.07, 6.45) is 0. The van der Waals surface area contributed by atoms with Gasteiger partial charge < -0.3 is 5.32 Å². The van der Waals surface area contributed by atoms with E-state index in [1.165, 1.54) is 0 Å². The predicted molar refractivity (Wildman–Crippen MR) is 101 cm³/mol. The molecule has 0 unspecified atom stereocenters. The Morgan fingerprint density at radius 2 is 1.58 bits per heavy atom. The second-order valence-corrected chi connectivity index (χ2v) is 5.84. The fourth-order valence-electron chi connectivity index (χ4n) is 2.88. The molecule has 0 amide bonds. The summed E-state index contributed by atoms with van der Waals surface area (Å²) in [4.78, 5) is 12.6. The molecule has 0 aromatic heterocycles. The second-order valence-electron chi connectivity index (χ2n) is 5.43. The normalized spacial score (nSPS) is 14.2. The predicted octanol–water partition coefficient (Wildman–Crippen LogP) is 3.73. The highest BCUT2D eigenvalue weighted by molar-refractivity contribution is 7.80. The van der Waals surface area contributed by atoms with Crippen molar-refractivity contribution in [1.82, 2.24) is 5.43 Å². The number of ketones is 1. The molecule has 0 spiro atoms. The summed E-state index contributed by atoms with van der Waals surface area (Å²) in [5.41, 5.74) is 5.54. The van der Waals surface area contributed by atoms with Gasteiger partial charge in [-0.2, -0.15) is 5.10 Å². The number of nitrogens with zero attached hydrogens (tertiary/aromatic N) is 1. The fraction of sp³-hybridized carbons (Fsp3) is 0. The SMILES string of the molecule is O=C1C(=NNC(=S)Nc2ccccc2)c2cccc3cccc1c23. The molecule has 0 fully saturated rings. The Kier molecular flexibility index (Phi) is 3.55. The summed E-state index contributed by atoms with van der Waals surface area (Å²) in [5, 5.41) is 9.61. The third-order valence-electron chi connectivity index (χ3n) is 3.92. The van der Waals surface area contributed by atoms with Crippen molar-refractivity contribution in [3.05, 3.63) is 77.9 Å². The smallest absolute Gasteiger partial charge is 0.214 e. The number of benzene rings is 3. The summed E-state index contributed by atoms with van der Waals surface area (Å²) in [5.74, 6) is -0.0863. The van der Waals surface area contributed by atoms with Gasteiger partial charge in [0.1, 0.15) is 5.71 Å². The molecule has 1 aliphatic carbocycles. The summed E-state index contributed by atoms with van der Waals surface area (Å²) in [6.45, 7) is 0. The van der Waals surface area contributed by atoms with E-state index in [0.717, 1.165) is 22.0 Å². The van der Waals surface area contributed by atoms with Crippen LogP contribution in [0.4, 0.5) is 5.69 Å². The highest BCUT2D eigenvalue weighted by atomic mass is 32.1. The third-order valence-corrected chi connectivity index (χ3v) is 4.11. The van der Waals surface area contributed by atoms with E-state index in [4.69, 9.17) is 12.2 Å². The molecular formula is C19H13N3OS. The van der Waals surface area contributed by atoms with E-state index in [9.17, 15) is 4.79 Å². The number of hydrogen-bond acceptors (Lipinski definition) is 3. The van der Waals surface area contributed by atoms with Crippen LogP contribution in [0.2, 0.25) is 0 Å². The van der Waals surface area contributed by atoms with Crippen molar-refractivity contribution in [2.24, 2.45) is 5.10 Å². The van der Waals surface area contributed by atoms with Crippen LogP contribution < -0.4 is 10.7 Å². The fourth-order valence-corrected chi connectivity index (χ4v) is 3.04. The maximum Gasteiger partial charge on any atom is 0.214 e. The largest absolute Gasteiger partial charge is 0.331 e. The lowest BCUT2D eigenvalue weighted by molar-refractivity contribution is 0.106. The molecule has 1 aliphatic rings. The molecule has 0 atom stereocenters. The molecule has 3 aromatic rings. The lowest BCUT2D eigenvalue weighted by Crippen LogP contribution is -2.26. The minimum atomic E-state index is -0.0863. The first-order valence-electron chi connectivity index (χ1n) is 7.50. The van der Waals surface area contributed by atoms with Crippen LogP contribution in [-0.4, -0.2) is 16.6 Å².